The quantitative estimate of drug-likeness (QED) is 0.0852. The number of benzene rings is 4. The fraction of sp³-hybridized carbons (Fsp3) is 0.556. The third-order valence-electron chi connectivity index (χ3n) is 13.4. The zero-order chi connectivity index (χ0) is 44.3. The number of phenols is 1. The summed E-state index contributed by atoms with van der Waals surface area (Å²) < 4.78 is 5.79. The molecule has 0 bridgehead atoms. The number of hydrogen-bond acceptors (Lipinski definition) is 5. The summed E-state index contributed by atoms with van der Waals surface area (Å²) in [5, 5.41) is 30.8. The van der Waals surface area contributed by atoms with E-state index in [9.17, 15) is 15.3 Å². The van der Waals surface area contributed by atoms with Crippen LogP contribution in [0.3, 0.4) is 0 Å². The summed E-state index contributed by atoms with van der Waals surface area (Å²) in [7, 11) is 0. The summed E-state index contributed by atoms with van der Waals surface area (Å²) in [5.41, 5.74) is 18.0. The number of aryl methyl sites for hydroxylation is 6. The molecule has 0 heterocycles. The molecule has 0 fully saturated rings. The zero-order valence-electron chi connectivity index (χ0n) is 39.5. The molecule has 0 saturated carbocycles. The number of nitrogens with two attached hydrogens (primary N) is 1. The Morgan fingerprint density at radius 2 is 0.881 bits per heavy atom. The molecular formula is C54H81NO4. The zero-order valence-corrected chi connectivity index (χ0v) is 39.5. The average molecular weight is 808 g/mol. The van der Waals surface area contributed by atoms with Gasteiger partial charge in [0, 0.05) is 17.4 Å². The number of ether oxygens (including phenoxy) is 1. The predicted molar refractivity (Wildman–Crippen MR) is 251 cm³/mol. The normalized spacial score (nSPS) is 13.4. The highest BCUT2D eigenvalue weighted by Gasteiger charge is 2.33. The molecule has 5 heteroatoms. The van der Waals surface area contributed by atoms with Crippen LogP contribution in [0.15, 0.2) is 72.8 Å². The Hall–Kier alpha value is -3.64. The Morgan fingerprint density at radius 3 is 1.20 bits per heavy atom. The summed E-state index contributed by atoms with van der Waals surface area (Å²) in [6.07, 6.45) is 6.88. The number of hydrogen-bond donors (Lipinski definition) is 4. The van der Waals surface area contributed by atoms with Crippen LogP contribution in [0.25, 0.3) is 0 Å². The van der Waals surface area contributed by atoms with Crippen molar-refractivity contribution in [3.8, 4) is 11.5 Å². The van der Waals surface area contributed by atoms with Crippen molar-refractivity contribution in [2.24, 2.45) is 16.6 Å². The van der Waals surface area contributed by atoms with E-state index >= 15 is 0 Å². The van der Waals surface area contributed by atoms with Crippen LogP contribution in [0, 0.1) is 38.5 Å². The van der Waals surface area contributed by atoms with Gasteiger partial charge in [-0.2, -0.15) is 0 Å². The summed E-state index contributed by atoms with van der Waals surface area (Å²) >= 11 is 0. The highest BCUT2D eigenvalue weighted by molar-refractivity contribution is 5.48. The van der Waals surface area contributed by atoms with Crippen molar-refractivity contribution >= 4 is 0 Å². The summed E-state index contributed by atoms with van der Waals surface area (Å²) in [6.45, 7) is 31.1. The first-order chi connectivity index (χ1) is 27.6. The number of aliphatic hydroxyl groups is 2. The van der Waals surface area contributed by atoms with Crippen molar-refractivity contribution in [1.82, 2.24) is 0 Å². The molecule has 0 aromatic heterocycles. The summed E-state index contributed by atoms with van der Waals surface area (Å²) in [6, 6.07) is 26.4. The molecule has 4 rings (SSSR count). The molecule has 326 valence electrons. The van der Waals surface area contributed by atoms with Crippen LogP contribution < -0.4 is 10.5 Å². The second-order valence-corrected chi connectivity index (χ2v) is 19.3. The average Bonchev–Trinajstić information content (AvgIpc) is 3.18. The fourth-order valence-corrected chi connectivity index (χ4v) is 8.70. The maximum atomic E-state index is 10.4. The van der Waals surface area contributed by atoms with Crippen molar-refractivity contribution in [2.75, 3.05) is 13.2 Å². The van der Waals surface area contributed by atoms with E-state index < -0.39 is 0 Å². The van der Waals surface area contributed by atoms with Gasteiger partial charge in [0.05, 0.1) is 12.2 Å². The van der Waals surface area contributed by atoms with Crippen LogP contribution in [0.2, 0.25) is 0 Å². The smallest absolute Gasteiger partial charge is 0.122 e. The lowest BCUT2D eigenvalue weighted by Gasteiger charge is -2.34. The van der Waals surface area contributed by atoms with E-state index in [0.29, 0.717) is 18.9 Å². The molecule has 0 amide bonds. The SMILES string of the molecule is CCC(CC)(c1ccc(CCC(O)C(C)(C)C)c(C)c1)c1ccc(OCCN)c(C)c1.CCC(CC)(c1ccc(O)c(C)c1)c1ccc(CCC(O)C(C)(C)C)c(C)c1. The van der Waals surface area contributed by atoms with Crippen molar-refractivity contribution in [3.63, 3.8) is 0 Å². The van der Waals surface area contributed by atoms with E-state index in [0.717, 1.165) is 68.2 Å². The first-order valence-electron chi connectivity index (χ1n) is 22.4. The second-order valence-electron chi connectivity index (χ2n) is 19.3. The van der Waals surface area contributed by atoms with Crippen LogP contribution in [0.1, 0.15) is 163 Å². The second kappa shape index (κ2) is 21.2. The highest BCUT2D eigenvalue weighted by atomic mass is 16.5. The monoisotopic (exact) mass is 808 g/mol. The first kappa shape index (κ1) is 49.7. The van der Waals surface area contributed by atoms with Gasteiger partial charge < -0.3 is 25.8 Å². The van der Waals surface area contributed by atoms with Gasteiger partial charge in [-0.3, -0.25) is 0 Å². The van der Waals surface area contributed by atoms with E-state index in [1.807, 2.05) is 13.0 Å². The van der Waals surface area contributed by atoms with Gasteiger partial charge in [-0.25, -0.2) is 0 Å². The molecule has 4 aromatic rings. The Morgan fingerprint density at radius 1 is 0.525 bits per heavy atom. The summed E-state index contributed by atoms with van der Waals surface area (Å²) in [4.78, 5) is 0. The maximum absolute atomic E-state index is 10.4. The van der Waals surface area contributed by atoms with Crippen molar-refractivity contribution in [3.05, 3.63) is 128 Å². The molecule has 5 N–H and O–H groups in total. The van der Waals surface area contributed by atoms with E-state index in [1.54, 1.807) is 0 Å². The van der Waals surface area contributed by atoms with Gasteiger partial charge in [-0.1, -0.05) is 130 Å². The molecule has 2 unspecified atom stereocenters. The number of aromatic hydroxyl groups is 1. The minimum atomic E-state index is -0.295. The molecule has 2 atom stereocenters. The number of aliphatic hydroxyl groups excluding tert-OH is 2. The Labute approximate surface area is 359 Å². The molecule has 0 radical (unpaired) electrons. The van der Waals surface area contributed by atoms with Crippen LogP contribution in [0.4, 0.5) is 0 Å². The lowest BCUT2D eigenvalue weighted by atomic mass is 9.69. The van der Waals surface area contributed by atoms with Crippen LogP contribution in [0.5, 0.6) is 11.5 Å². The first-order valence-corrected chi connectivity index (χ1v) is 22.4. The van der Waals surface area contributed by atoms with Crippen molar-refractivity contribution in [2.45, 2.75) is 171 Å². The van der Waals surface area contributed by atoms with Gasteiger partial charge in [-0.05, 0) is 158 Å². The van der Waals surface area contributed by atoms with E-state index in [-0.39, 0.29) is 33.9 Å². The standard InChI is InChI=1S/C28H43NO2.C26H38O2/c1-8-28(9-2,24-13-14-25(21(4)19-24)31-17-16-29)23-12-10-22(20(3)18-23)11-15-26(30)27(5,6)7;1-8-26(9-2,22-13-14-23(27)19(4)17-22)21-12-10-20(18(3)16-21)11-15-24(28)25(5,6)7/h10,12-14,18-19,26,30H,8-9,11,15-17,29H2,1-7H3;10,12-14,16-17,24,27-28H,8-9,11,15H2,1-7H3. The van der Waals surface area contributed by atoms with E-state index in [2.05, 4.69) is 157 Å². The number of rotatable bonds is 17. The highest BCUT2D eigenvalue weighted by Crippen LogP contribution is 2.42. The topological polar surface area (TPSA) is 95.9 Å². The molecule has 0 spiro atoms. The van der Waals surface area contributed by atoms with Crippen molar-refractivity contribution in [1.29, 1.82) is 0 Å². The lowest BCUT2D eigenvalue weighted by molar-refractivity contribution is 0.0559. The minimum absolute atomic E-state index is 0.0224. The predicted octanol–water partition coefficient (Wildman–Crippen LogP) is 12.5. The van der Waals surface area contributed by atoms with Crippen LogP contribution >= 0.6 is 0 Å². The van der Waals surface area contributed by atoms with E-state index in [4.69, 9.17) is 10.5 Å². The van der Waals surface area contributed by atoms with Crippen molar-refractivity contribution < 1.29 is 20.1 Å². The van der Waals surface area contributed by atoms with Gasteiger partial charge in [0.2, 0.25) is 0 Å². The Balaban J connectivity index is 0.000000317. The Bertz CT molecular complexity index is 1920. The van der Waals surface area contributed by atoms with Gasteiger partial charge in [-0.15, -0.1) is 0 Å². The fourth-order valence-electron chi connectivity index (χ4n) is 8.70. The van der Waals surface area contributed by atoms with Gasteiger partial charge in [0.1, 0.15) is 18.1 Å². The largest absolute Gasteiger partial charge is 0.508 e. The maximum Gasteiger partial charge on any atom is 0.122 e. The Kier molecular flexibility index (Phi) is 17.9. The molecule has 59 heavy (non-hydrogen) atoms. The van der Waals surface area contributed by atoms with Gasteiger partial charge in [0.15, 0.2) is 0 Å². The number of phenolic OH excluding ortho intramolecular Hbond substituents is 1. The minimum Gasteiger partial charge on any atom is -0.508 e. The molecule has 0 aliphatic heterocycles. The van der Waals surface area contributed by atoms with Gasteiger partial charge >= 0.3 is 0 Å². The van der Waals surface area contributed by atoms with Crippen LogP contribution in [-0.2, 0) is 23.7 Å². The molecule has 0 aliphatic rings. The van der Waals surface area contributed by atoms with Gasteiger partial charge in [0.25, 0.3) is 0 Å². The van der Waals surface area contributed by atoms with E-state index in [1.165, 1.54) is 44.5 Å². The molecule has 0 aliphatic carbocycles. The molecular weight excluding hydrogens is 727 g/mol. The third-order valence-corrected chi connectivity index (χ3v) is 13.4. The third kappa shape index (κ3) is 12.2. The lowest BCUT2D eigenvalue weighted by Crippen LogP contribution is -2.27. The van der Waals surface area contributed by atoms with Crippen LogP contribution in [-0.4, -0.2) is 40.7 Å². The molecule has 0 saturated heterocycles. The molecule has 4 aromatic carbocycles. The summed E-state index contributed by atoms with van der Waals surface area (Å²) in [5.74, 6) is 1.27. The molecule has 5 nitrogen and oxygen atoms in total.